The largest absolute Gasteiger partial charge is 0.349 e. The standard InChI is InChI=1S/C13H14BrClFNO/c14-10-6-9(12(16)7-11(10)15)13(18)17-8-4-2-1-3-5-8/h6-8H,1-5H2,(H,17,18). The van der Waals surface area contributed by atoms with E-state index in [1.807, 2.05) is 0 Å². The molecule has 1 fully saturated rings. The van der Waals surface area contributed by atoms with E-state index in [-0.39, 0.29) is 22.5 Å². The molecule has 0 heterocycles. The predicted molar refractivity (Wildman–Crippen MR) is 73.4 cm³/mol. The maximum Gasteiger partial charge on any atom is 0.254 e. The summed E-state index contributed by atoms with van der Waals surface area (Å²) >= 11 is 8.96. The maximum atomic E-state index is 13.7. The molecule has 0 unspecified atom stereocenters. The second kappa shape index (κ2) is 6.02. The molecule has 1 aromatic rings. The summed E-state index contributed by atoms with van der Waals surface area (Å²) in [5.74, 6) is -0.951. The maximum absolute atomic E-state index is 13.7. The van der Waals surface area contributed by atoms with E-state index in [2.05, 4.69) is 21.2 Å². The van der Waals surface area contributed by atoms with Crippen molar-refractivity contribution < 1.29 is 9.18 Å². The van der Waals surface area contributed by atoms with Crippen molar-refractivity contribution in [1.82, 2.24) is 5.32 Å². The van der Waals surface area contributed by atoms with E-state index in [4.69, 9.17) is 11.6 Å². The van der Waals surface area contributed by atoms with Crippen molar-refractivity contribution in [2.24, 2.45) is 0 Å². The van der Waals surface area contributed by atoms with Crippen LogP contribution in [0.3, 0.4) is 0 Å². The molecule has 0 spiro atoms. The minimum absolute atomic E-state index is 0.0387. The SMILES string of the molecule is O=C(NC1CCCCC1)c1cc(Br)c(Cl)cc1F. The average molecular weight is 335 g/mol. The van der Waals surface area contributed by atoms with Crippen molar-refractivity contribution in [3.05, 3.63) is 33.0 Å². The fourth-order valence-electron chi connectivity index (χ4n) is 2.21. The molecule has 0 bridgehead atoms. The first-order chi connectivity index (χ1) is 8.58. The third-order valence-electron chi connectivity index (χ3n) is 3.19. The van der Waals surface area contributed by atoms with Gasteiger partial charge in [-0.15, -0.1) is 0 Å². The normalized spacial score (nSPS) is 16.6. The fraction of sp³-hybridized carbons (Fsp3) is 0.462. The molecule has 0 aliphatic heterocycles. The smallest absolute Gasteiger partial charge is 0.254 e. The number of carbonyl (C=O) groups is 1. The van der Waals surface area contributed by atoms with Gasteiger partial charge < -0.3 is 5.32 Å². The van der Waals surface area contributed by atoms with E-state index in [1.54, 1.807) is 0 Å². The van der Waals surface area contributed by atoms with Crippen molar-refractivity contribution in [2.45, 2.75) is 38.1 Å². The topological polar surface area (TPSA) is 29.1 Å². The third-order valence-corrected chi connectivity index (χ3v) is 4.39. The molecule has 98 valence electrons. The molecular weight excluding hydrogens is 321 g/mol. The number of rotatable bonds is 2. The van der Waals surface area contributed by atoms with E-state index in [0.717, 1.165) is 31.7 Å². The number of benzene rings is 1. The summed E-state index contributed by atoms with van der Waals surface area (Å²) in [6.45, 7) is 0. The molecule has 18 heavy (non-hydrogen) atoms. The Balaban J connectivity index is 2.10. The predicted octanol–water partition coefficient (Wildman–Crippen LogP) is 4.30. The van der Waals surface area contributed by atoms with Gasteiger partial charge in [0, 0.05) is 10.5 Å². The van der Waals surface area contributed by atoms with Gasteiger partial charge in [-0.25, -0.2) is 4.39 Å². The van der Waals surface area contributed by atoms with E-state index < -0.39 is 5.82 Å². The lowest BCUT2D eigenvalue weighted by atomic mass is 9.95. The highest BCUT2D eigenvalue weighted by Gasteiger charge is 2.19. The highest BCUT2D eigenvalue weighted by molar-refractivity contribution is 9.10. The minimum Gasteiger partial charge on any atom is -0.349 e. The van der Waals surface area contributed by atoms with Gasteiger partial charge in [-0.1, -0.05) is 30.9 Å². The number of hydrogen-bond donors (Lipinski definition) is 1. The lowest BCUT2D eigenvalue weighted by Gasteiger charge is -2.22. The van der Waals surface area contributed by atoms with Gasteiger partial charge in [0.1, 0.15) is 5.82 Å². The van der Waals surface area contributed by atoms with Gasteiger partial charge in [0.05, 0.1) is 10.6 Å². The fourth-order valence-corrected chi connectivity index (χ4v) is 2.70. The summed E-state index contributed by atoms with van der Waals surface area (Å²) < 4.78 is 14.2. The summed E-state index contributed by atoms with van der Waals surface area (Å²) in [7, 11) is 0. The molecule has 1 aromatic carbocycles. The van der Waals surface area contributed by atoms with Crippen LogP contribution in [0, 0.1) is 5.82 Å². The Labute approximate surface area is 119 Å². The number of hydrogen-bond acceptors (Lipinski definition) is 1. The summed E-state index contributed by atoms with van der Waals surface area (Å²) in [5.41, 5.74) is 0.0387. The highest BCUT2D eigenvalue weighted by Crippen LogP contribution is 2.26. The van der Waals surface area contributed by atoms with Crippen LogP contribution in [0.2, 0.25) is 5.02 Å². The monoisotopic (exact) mass is 333 g/mol. The third kappa shape index (κ3) is 3.23. The molecule has 2 rings (SSSR count). The molecule has 0 radical (unpaired) electrons. The first-order valence-electron chi connectivity index (χ1n) is 6.03. The van der Waals surface area contributed by atoms with Crippen LogP contribution in [0.25, 0.3) is 0 Å². The molecule has 0 saturated heterocycles. The lowest BCUT2D eigenvalue weighted by Crippen LogP contribution is -2.36. The Bertz CT molecular complexity index is 461. The Morgan fingerprint density at radius 2 is 2.00 bits per heavy atom. The summed E-state index contributed by atoms with van der Waals surface area (Å²) in [6, 6.07) is 2.75. The first kappa shape index (κ1) is 13.8. The average Bonchev–Trinajstić information content (AvgIpc) is 2.35. The van der Waals surface area contributed by atoms with Crippen LogP contribution in [0.5, 0.6) is 0 Å². The van der Waals surface area contributed by atoms with Crippen molar-refractivity contribution >= 4 is 33.4 Å². The number of halogens is 3. The molecule has 0 aromatic heterocycles. The lowest BCUT2D eigenvalue weighted by molar-refractivity contribution is 0.0923. The van der Waals surface area contributed by atoms with Gasteiger partial charge in [-0.2, -0.15) is 0 Å². The summed E-state index contributed by atoms with van der Waals surface area (Å²) in [6.07, 6.45) is 5.41. The molecule has 5 heteroatoms. The summed E-state index contributed by atoms with van der Waals surface area (Å²) in [5, 5.41) is 3.15. The molecule has 0 atom stereocenters. The van der Waals surface area contributed by atoms with Crippen LogP contribution >= 0.6 is 27.5 Å². The zero-order valence-electron chi connectivity index (χ0n) is 9.81. The van der Waals surface area contributed by atoms with Crippen molar-refractivity contribution in [3.8, 4) is 0 Å². The quantitative estimate of drug-likeness (QED) is 0.803. The summed E-state index contributed by atoms with van der Waals surface area (Å²) in [4.78, 5) is 12.0. The van der Waals surface area contributed by atoms with Crippen molar-refractivity contribution in [3.63, 3.8) is 0 Å². The van der Waals surface area contributed by atoms with Gasteiger partial charge in [0.2, 0.25) is 0 Å². The molecule has 1 N–H and O–H groups in total. The van der Waals surface area contributed by atoms with Gasteiger partial charge in [0.25, 0.3) is 5.91 Å². The first-order valence-corrected chi connectivity index (χ1v) is 7.20. The molecule has 1 amide bonds. The zero-order valence-corrected chi connectivity index (χ0v) is 12.2. The molecule has 1 aliphatic rings. The Hall–Kier alpha value is -0.610. The van der Waals surface area contributed by atoms with Crippen LogP contribution in [-0.4, -0.2) is 11.9 Å². The van der Waals surface area contributed by atoms with Gasteiger partial charge in [-0.05, 0) is 40.9 Å². The Morgan fingerprint density at radius 1 is 1.33 bits per heavy atom. The van der Waals surface area contributed by atoms with Crippen LogP contribution < -0.4 is 5.32 Å². The van der Waals surface area contributed by atoms with Crippen LogP contribution in [-0.2, 0) is 0 Å². The number of amides is 1. The van der Waals surface area contributed by atoms with E-state index in [9.17, 15) is 9.18 Å². The number of nitrogens with one attached hydrogen (secondary N) is 1. The van der Waals surface area contributed by atoms with Gasteiger partial charge in [0.15, 0.2) is 0 Å². The van der Waals surface area contributed by atoms with Crippen LogP contribution in [0.4, 0.5) is 4.39 Å². The molecule has 1 saturated carbocycles. The van der Waals surface area contributed by atoms with E-state index in [1.165, 1.54) is 12.5 Å². The van der Waals surface area contributed by atoms with Gasteiger partial charge >= 0.3 is 0 Å². The van der Waals surface area contributed by atoms with Crippen LogP contribution in [0.15, 0.2) is 16.6 Å². The van der Waals surface area contributed by atoms with Crippen molar-refractivity contribution in [1.29, 1.82) is 0 Å². The number of carbonyl (C=O) groups excluding carboxylic acids is 1. The van der Waals surface area contributed by atoms with E-state index in [0.29, 0.717) is 4.47 Å². The van der Waals surface area contributed by atoms with E-state index >= 15 is 0 Å². The van der Waals surface area contributed by atoms with Gasteiger partial charge in [-0.3, -0.25) is 4.79 Å². The molecular formula is C13H14BrClFNO. The zero-order chi connectivity index (χ0) is 13.1. The second-order valence-electron chi connectivity index (χ2n) is 4.55. The second-order valence-corrected chi connectivity index (χ2v) is 5.82. The Kier molecular flexibility index (Phi) is 4.62. The molecule has 2 nitrogen and oxygen atoms in total. The van der Waals surface area contributed by atoms with Crippen molar-refractivity contribution in [2.75, 3.05) is 0 Å². The molecule has 1 aliphatic carbocycles. The highest BCUT2D eigenvalue weighted by atomic mass is 79.9. The van der Waals surface area contributed by atoms with Crippen LogP contribution in [0.1, 0.15) is 42.5 Å². The minimum atomic E-state index is -0.587. The Morgan fingerprint density at radius 3 is 2.67 bits per heavy atom.